The van der Waals surface area contributed by atoms with Crippen LogP contribution in [0, 0.1) is 27.7 Å². The Bertz CT molecular complexity index is 556. The van der Waals surface area contributed by atoms with E-state index >= 15 is 0 Å². The number of nitrogens with zero attached hydrogens (tertiary/aromatic N) is 1. The van der Waals surface area contributed by atoms with Crippen LogP contribution in [-0.4, -0.2) is 4.98 Å². The molecule has 1 heterocycles. The molecule has 1 aromatic carbocycles. The van der Waals surface area contributed by atoms with Crippen molar-refractivity contribution in [3.8, 4) is 10.6 Å². The fourth-order valence-corrected chi connectivity index (χ4v) is 2.94. The third-order valence-electron chi connectivity index (χ3n) is 3.37. The van der Waals surface area contributed by atoms with Crippen LogP contribution in [0.25, 0.3) is 10.6 Å². The van der Waals surface area contributed by atoms with Gasteiger partial charge < -0.3 is 5.73 Å². The molecule has 0 amide bonds. The summed E-state index contributed by atoms with van der Waals surface area (Å²) in [5.74, 6) is 0. The van der Waals surface area contributed by atoms with Crippen LogP contribution < -0.4 is 5.73 Å². The SMILES string of the molecule is Cc1ccc(-c2nc(C)c(CN)s2)c(C)c1C. The zero-order valence-electron chi connectivity index (χ0n) is 10.8. The van der Waals surface area contributed by atoms with Gasteiger partial charge in [0.1, 0.15) is 5.01 Å². The van der Waals surface area contributed by atoms with E-state index in [9.17, 15) is 0 Å². The van der Waals surface area contributed by atoms with Crippen molar-refractivity contribution in [1.82, 2.24) is 4.98 Å². The molecule has 0 fully saturated rings. The molecule has 3 heteroatoms. The van der Waals surface area contributed by atoms with Crippen molar-refractivity contribution < 1.29 is 0 Å². The van der Waals surface area contributed by atoms with Crippen molar-refractivity contribution in [3.05, 3.63) is 39.4 Å². The average molecular weight is 246 g/mol. The maximum absolute atomic E-state index is 5.70. The molecular formula is C14H18N2S. The zero-order chi connectivity index (χ0) is 12.6. The van der Waals surface area contributed by atoms with Crippen molar-refractivity contribution >= 4 is 11.3 Å². The Kier molecular flexibility index (Phi) is 3.31. The monoisotopic (exact) mass is 246 g/mol. The number of nitrogens with two attached hydrogens (primary N) is 1. The number of aryl methyl sites for hydroxylation is 2. The summed E-state index contributed by atoms with van der Waals surface area (Å²) in [6, 6.07) is 4.33. The summed E-state index contributed by atoms with van der Waals surface area (Å²) in [7, 11) is 0. The normalized spacial score (nSPS) is 10.9. The Hall–Kier alpha value is -1.19. The van der Waals surface area contributed by atoms with E-state index in [4.69, 9.17) is 5.73 Å². The zero-order valence-corrected chi connectivity index (χ0v) is 11.6. The first-order valence-electron chi connectivity index (χ1n) is 5.78. The highest BCUT2D eigenvalue weighted by Gasteiger charge is 2.12. The molecule has 17 heavy (non-hydrogen) atoms. The van der Waals surface area contributed by atoms with E-state index in [2.05, 4.69) is 37.9 Å². The van der Waals surface area contributed by atoms with E-state index in [-0.39, 0.29) is 0 Å². The Morgan fingerprint density at radius 3 is 2.41 bits per heavy atom. The average Bonchev–Trinajstić information content (AvgIpc) is 2.67. The van der Waals surface area contributed by atoms with Gasteiger partial charge in [0.2, 0.25) is 0 Å². The van der Waals surface area contributed by atoms with Gasteiger partial charge in [0.15, 0.2) is 0 Å². The topological polar surface area (TPSA) is 38.9 Å². The molecule has 2 rings (SSSR count). The number of benzene rings is 1. The minimum Gasteiger partial charge on any atom is -0.326 e. The molecule has 0 saturated heterocycles. The lowest BCUT2D eigenvalue weighted by atomic mass is 9.99. The number of rotatable bonds is 2. The third kappa shape index (κ3) is 2.13. The maximum atomic E-state index is 5.70. The summed E-state index contributed by atoms with van der Waals surface area (Å²) < 4.78 is 0. The molecule has 0 radical (unpaired) electrons. The Labute approximate surface area is 107 Å². The lowest BCUT2D eigenvalue weighted by molar-refractivity contribution is 1.06. The molecule has 0 aliphatic carbocycles. The second-order valence-electron chi connectivity index (χ2n) is 4.41. The first-order chi connectivity index (χ1) is 8.04. The van der Waals surface area contributed by atoms with E-state index < -0.39 is 0 Å². The predicted molar refractivity (Wildman–Crippen MR) is 74.4 cm³/mol. The highest BCUT2D eigenvalue weighted by molar-refractivity contribution is 7.15. The van der Waals surface area contributed by atoms with Gasteiger partial charge in [-0.05, 0) is 44.4 Å². The summed E-state index contributed by atoms with van der Waals surface area (Å²) in [5.41, 5.74) is 12.0. The fraction of sp³-hybridized carbons (Fsp3) is 0.357. The molecule has 90 valence electrons. The van der Waals surface area contributed by atoms with Crippen LogP contribution in [-0.2, 0) is 6.54 Å². The van der Waals surface area contributed by atoms with E-state index in [1.54, 1.807) is 11.3 Å². The van der Waals surface area contributed by atoms with Crippen LogP contribution in [0.1, 0.15) is 27.3 Å². The fourth-order valence-electron chi connectivity index (χ4n) is 1.92. The molecule has 2 nitrogen and oxygen atoms in total. The van der Waals surface area contributed by atoms with Crippen LogP contribution in [0.15, 0.2) is 12.1 Å². The van der Waals surface area contributed by atoms with Crippen LogP contribution in [0.2, 0.25) is 0 Å². The van der Waals surface area contributed by atoms with Crippen LogP contribution in [0.5, 0.6) is 0 Å². The first-order valence-corrected chi connectivity index (χ1v) is 6.59. The van der Waals surface area contributed by atoms with Crippen molar-refractivity contribution in [3.63, 3.8) is 0 Å². The molecule has 0 unspecified atom stereocenters. The Morgan fingerprint density at radius 1 is 1.12 bits per heavy atom. The first kappa shape index (κ1) is 12.3. The molecule has 0 aliphatic rings. The minimum atomic E-state index is 0.577. The van der Waals surface area contributed by atoms with Crippen molar-refractivity contribution in [2.75, 3.05) is 0 Å². The molecular weight excluding hydrogens is 228 g/mol. The lowest BCUT2D eigenvalue weighted by Gasteiger charge is -2.08. The lowest BCUT2D eigenvalue weighted by Crippen LogP contribution is -1.94. The van der Waals surface area contributed by atoms with Gasteiger partial charge in [-0.15, -0.1) is 11.3 Å². The number of hydrogen-bond acceptors (Lipinski definition) is 3. The molecule has 0 aliphatic heterocycles. The van der Waals surface area contributed by atoms with Gasteiger partial charge in [0.05, 0.1) is 5.69 Å². The van der Waals surface area contributed by atoms with Gasteiger partial charge in [-0.1, -0.05) is 12.1 Å². The van der Waals surface area contributed by atoms with Crippen molar-refractivity contribution in [2.45, 2.75) is 34.2 Å². The number of hydrogen-bond donors (Lipinski definition) is 1. The highest BCUT2D eigenvalue weighted by Crippen LogP contribution is 2.32. The smallest absolute Gasteiger partial charge is 0.124 e. The van der Waals surface area contributed by atoms with Crippen molar-refractivity contribution in [1.29, 1.82) is 0 Å². The summed E-state index contributed by atoms with van der Waals surface area (Å²) in [6.07, 6.45) is 0. The Morgan fingerprint density at radius 2 is 1.82 bits per heavy atom. The van der Waals surface area contributed by atoms with Crippen molar-refractivity contribution in [2.24, 2.45) is 5.73 Å². The third-order valence-corrected chi connectivity index (χ3v) is 4.58. The Balaban J connectivity index is 2.57. The standard InChI is InChI=1S/C14H18N2S/c1-8-5-6-12(10(3)9(8)2)14-16-11(4)13(7-15)17-14/h5-6H,7,15H2,1-4H3. The molecule has 0 saturated carbocycles. The van der Waals surface area contributed by atoms with Gasteiger partial charge in [-0.2, -0.15) is 0 Å². The van der Waals surface area contributed by atoms with E-state index in [1.807, 2.05) is 6.92 Å². The molecule has 0 bridgehead atoms. The largest absolute Gasteiger partial charge is 0.326 e. The van der Waals surface area contributed by atoms with Gasteiger partial charge in [0, 0.05) is 17.0 Å². The van der Waals surface area contributed by atoms with E-state index in [0.717, 1.165) is 10.7 Å². The number of aromatic nitrogens is 1. The second kappa shape index (κ2) is 4.59. The summed E-state index contributed by atoms with van der Waals surface area (Å²) in [6.45, 7) is 9.07. The summed E-state index contributed by atoms with van der Waals surface area (Å²) in [4.78, 5) is 5.80. The number of thiazole rings is 1. The summed E-state index contributed by atoms with van der Waals surface area (Å²) in [5, 5.41) is 1.09. The molecule has 2 aromatic rings. The minimum absolute atomic E-state index is 0.577. The van der Waals surface area contributed by atoms with Gasteiger partial charge in [-0.3, -0.25) is 0 Å². The van der Waals surface area contributed by atoms with E-state index in [1.165, 1.54) is 27.1 Å². The van der Waals surface area contributed by atoms with Gasteiger partial charge >= 0.3 is 0 Å². The predicted octanol–water partition coefficient (Wildman–Crippen LogP) is 3.50. The van der Waals surface area contributed by atoms with Crippen LogP contribution in [0.3, 0.4) is 0 Å². The molecule has 2 N–H and O–H groups in total. The van der Waals surface area contributed by atoms with Gasteiger partial charge in [-0.25, -0.2) is 4.98 Å². The molecule has 1 aromatic heterocycles. The second-order valence-corrected chi connectivity index (χ2v) is 5.50. The van der Waals surface area contributed by atoms with E-state index in [0.29, 0.717) is 6.54 Å². The quantitative estimate of drug-likeness (QED) is 0.880. The van der Waals surface area contributed by atoms with Gasteiger partial charge in [0.25, 0.3) is 0 Å². The highest BCUT2D eigenvalue weighted by atomic mass is 32.1. The molecule has 0 spiro atoms. The van der Waals surface area contributed by atoms with Crippen LogP contribution >= 0.6 is 11.3 Å². The maximum Gasteiger partial charge on any atom is 0.124 e. The van der Waals surface area contributed by atoms with Crippen LogP contribution in [0.4, 0.5) is 0 Å². The summed E-state index contributed by atoms with van der Waals surface area (Å²) >= 11 is 1.71. The molecule has 0 atom stereocenters.